The van der Waals surface area contributed by atoms with Crippen molar-refractivity contribution in [1.29, 1.82) is 0 Å². The molecule has 5 aliphatic rings. The van der Waals surface area contributed by atoms with E-state index in [-0.39, 0.29) is 96.3 Å². The maximum absolute atomic E-state index is 15.4. The fourth-order valence-electron chi connectivity index (χ4n) is 15.6. The van der Waals surface area contributed by atoms with Crippen LogP contribution in [-0.2, 0) is 33.7 Å². The van der Waals surface area contributed by atoms with E-state index in [1.165, 1.54) is 6.07 Å². The number of phenolic OH excluding ortho intramolecular Hbond substituents is 3. The number of aliphatic hydroxyl groups is 3. The van der Waals surface area contributed by atoms with Crippen molar-refractivity contribution >= 4 is 39.3 Å². The van der Waals surface area contributed by atoms with Gasteiger partial charge in [-0.1, -0.05) is 54.3 Å². The smallest absolute Gasteiger partial charge is 0.318 e. The molecule has 15 heteroatoms. The lowest BCUT2D eigenvalue weighted by atomic mass is 9.47. The van der Waals surface area contributed by atoms with E-state index in [0.29, 0.717) is 50.9 Å². The number of ether oxygens (including phenoxy) is 3. The number of carbonyl (C=O) groups excluding carboxylic acids is 2. The summed E-state index contributed by atoms with van der Waals surface area (Å²) >= 11 is 0. The molecule has 7 aromatic rings. The molecule has 15 nitrogen and oxygen atoms in total. The van der Waals surface area contributed by atoms with Crippen LogP contribution in [-0.4, -0.2) is 108 Å². The number of H-pyrrole nitrogens is 2. The summed E-state index contributed by atoms with van der Waals surface area (Å²) in [6.45, 7) is 2.56. The average molecular weight is 1110 g/mol. The number of carbonyl (C=O) groups is 2. The second kappa shape index (κ2) is 22.7. The van der Waals surface area contributed by atoms with Gasteiger partial charge in [-0.15, -0.1) is 0 Å². The number of fused-ring (bicyclic) bond motifs is 10. The molecule has 3 saturated carbocycles. The molecule has 82 heavy (non-hydrogen) atoms. The van der Waals surface area contributed by atoms with E-state index < -0.39 is 29.8 Å². The van der Waals surface area contributed by atoms with Crippen LogP contribution in [0.4, 0.5) is 0 Å². The molecule has 0 radical (unpaired) electrons. The van der Waals surface area contributed by atoms with Crippen molar-refractivity contribution in [3.8, 4) is 51.8 Å². The Morgan fingerprint density at radius 3 is 2.60 bits per heavy atom. The largest absolute Gasteiger partial charge is 0.508 e. The monoisotopic (exact) mass is 1110 g/mol. The van der Waals surface area contributed by atoms with Gasteiger partial charge in [0.2, 0.25) is 0 Å². The molecule has 0 amide bonds. The molecule has 12 rings (SSSR count). The first kappa shape index (κ1) is 55.1. The van der Waals surface area contributed by atoms with Crippen LogP contribution in [0.3, 0.4) is 0 Å². The van der Waals surface area contributed by atoms with Gasteiger partial charge in [-0.2, -0.15) is 0 Å². The summed E-state index contributed by atoms with van der Waals surface area (Å²) in [6.07, 6.45) is 8.51. The zero-order chi connectivity index (χ0) is 56.9. The molecule has 1 aliphatic heterocycles. The van der Waals surface area contributed by atoms with Gasteiger partial charge in [0.15, 0.2) is 23.0 Å². The summed E-state index contributed by atoms with van der Waals surface area (Å²) in [5.41, 5.74) is 9.20. The van der Waals surface area contributed by atoms with Gasteiger partial charge in [-0.25, -0.2) is 0 Å². The van der Waals surface area contributed by atoms with Crippen molar-refractivity contribution in [3.05, 3.63) is 131 Å². The predicted molar refractivity (Wildman–Crippen MR) is 313 cm³/mol. The number of cyclic esters (lactones) is 1. The third-order valence-electron chi connectivity index (χ3n) is 19.0. The first-order valence-electron chi connectivity index (χ1n) is 29.2. The number of allylic oxidation sites excluding steroid dienone is 1. The first-order valence-corrected chi connectivity index (χ1v) is 29.2. The number of methoxy groups -OCH3 is 1. The minimum absolute atomic E-state index is 0.00336. The maximum Gasteiger partial charge on any atom is 0.318 e. The number of nitrogens with zero attached hydrogens (tertiary/aromatic N) is 1. The number of nitrogens with one attached hydrogen (secondary N) is 3. The van der Waals surface area contributed by atoms with Gasteiger partial charge in [0.1, 0.15) is 30.7 Å². The number of Topliss-reactive ketones (excluding diaryl/α,β-unsaturated/α-hetero) is 1. The van der Waals surface area contributed by atoms with E-state index in [9.17, 15) is 35.4 Å². The summed E-state index contributed by atoms with van der Waals surface area (Å²) in [5.74, 6) is 5.97. The number of β-amino-alcohol motifs (C(OH)–C–C–N with tert-alkyl or cyclic N) is 1. The molecule has 9 N–H and O–H groups in total. The zero-order valence-electron chi connectivity index (χ0n) is 46.6. The topological polar surface area (TPSA) is 232 Å². The molecule has 2 bridgehead atoms. The summed E-state index contributed by atoms with van der Waals surface area (Å²) in [5, 5.41) is 70.5. The number of aliphatic hydroxyl groups excluding tert-OH is 3. The number of aryl methyl sites for hydroxylation is 1. The normalized spacial score (nSPS) is 26.7. The van der Waals surface area contributed by atoms with Crippen LogP contribution >= 0.6 is 0 Å². The summed E-state index contributed by atoms with van der Waals surface area (Å²) < 4.78 is 20.1. The minimum Gasteiger partial charge on any atom is -0.508 e. The number of para-hydroxylation sites is 1. The lowest BCUT2D eigenvalue weighted by Gasteiger charge is -2.57. The Hall–Kier alpha value is -7.48. The van der Waals surface area contributed by atoms with Gasteiger partial charge >= 0.3 is 5.97 Å². The van der Waals surface area contributed by atoms with Gasteiger partial charge in [0.25, 0.3) is 0 Å². The lowest BCUT2D eigenvalue weighted by Crippen LogP contribution is -2.54. The molecule has 10 atom stereocenters. The van der Waals surface area contributed by atoms with Crippen LogP contribution in [0, 0.1) is 40.9 Å². The quantitative estimate of drug-likeness (QED) is 0.0388. The van der Waals surface area contributed by atoms with Gasteiger partial charge in [-0.3, -0.25) is 9.59 Å². The highest BCUT2D eigenvalue weighted by Gasteiger charge is 2.61. The number of esters is 1. The highest BCUT2D eigenvalue weighted by molar-refractivity contribution is 5.94. The summed E-state index contributed by atoms with van der Waals surface area (Å²) in [4.78, 5) is 36.5. The average Bonchev–Trinajstić information content (AvgIpc) is 3.09. The van der Waals surface area contributed by atoms with Crippen molar-refractivity contribution in [3.63, 3.8) is 0 Å². The van der Waals surface area contributed by atoms with E-state index in [2.05, 4.69) is 62.0 Å². The molecular weight excluding hydrogens is 1040 g/mol. The van der Waals surface area contributed by atoms with Crippen molar-refractivity contribution in [1.82, 2.24) is 19.9 Å². The van der Waals surface area contributed by atoms with Crippen LogP contribution in [0.25, 0.3) is 38.8 Å². The highest BCUT2D eigenvalue weighted by Crippen LogP contribution is 2.67. The van der Waals surface area contributed by atoms with E-state index in [1.54, 1.807) is 37.4 Å². The standard InChI is InChI=1S/C67H74N4O11/c1-39(73)36-69-67(38-71-57-20-23-68-56(57)34-58(71)41-8-7-9-43(74)27-41)22-21-66(37-67)35-42-28-53-50-32-60(78)61(80-2)33-51(50)52(64(42)49-18-16-44(75)31-54(49)66)30-45(76)29-46(17-14-40-15-19-59(77)62(26-40)81-25-24-72)82-63(79)13-6-4-11-48-47-10-3-5-12-55(47)70-65(48)53/h3,5,7-10,12,15,19-20,23,26-28,32-34,39,42,44,46,49,52,54,64,68-70,72-75,77-78H,11,13-14,16-18,21-22,24-25,29-31,35-38H2,1-2H3/t39-,42-,44+,46+,49-,52+,54+,64+,66-,67-/m0/s1. The molecule has 3 fully saturated rings. The van der Waals surface area contributed by atoms with Crippen LogP contribution in [0.2, 0.25) is 0 Å². The van der Waals surface area contributed by atoms with Crippen molar-refractivity contribution < 1.29 is 54.4 Å². The minimum atomic E-state index is -0.802. The van der Waals surface area contributed by atoms with Crippen LogP contribution < -0.4 is 14.8 Å². The Labute approximate surface area is 477 Å². The molecule has 4 heterocycles. The number of rotatable bonds is 13. The summed E-state index contributed by atoms with van der Waals surface area (Å²) in [6, 6.07) is 28.5. The Bertz CT molecular complexity index is 3640. The third kappa shape index (κ3) is 10.7. The van der Waals surface area contributed by atoms with Crippen LogP contribution in [0.15, 0.2) is 103 Å². The van der Waals surface area contributed by atoms with Crippen molar-refractivity contribution in [2.45, 2.75) is 127 Å². The van der Waals surface area contributed by atoms with E-state index in [0.717, 1.165) is 98.8 Å². The predicted octanol–water partition coefficient (Wildman–Crippen LogP) is 9.98. The van der Waals surface area contributed by atoms with E-state index >= 15 is 4.79 Å². The SMILES string of the molecule is COc1cc2c(cc1O)C1=C[C@H]3C[C@]4(CC[C@](Cn5c(-c6cccc(O)c6)cc6[nH]ccc65)(NC[C@H](C)O)C4)[C@@H]4C[C@H](O)CC[C@@H]4[C@@H]3[C@@H]2CC(=O)C[C@@H](CCc2ccc(O)c(OCCO)c2)OC(=O)CC#CCc2c1[nH]c1ccccc21. The fourth-order valence-corrected chi connectivity index (χ4v) is 15.6. The second-order valence-electron chi connectivity index (χ2n) is 24.2. The first-order chi connectivity index (χ1) is 39.7. The number of hydrogen-bond donors (Lipinski definition) is 9. The zero-order valence-corrected chi connectivity index (χ0v) is 46.6. The molecule has 4 aliphatic carbocycles. The number of phenols is 3. The summed E-state index contributed by atoms with van der Waals surface area (Å²) in [7, 11) is 1.54. The van der Waals surface area contributed by atoms with E-state index in [1.807, 2.05) is 43.5 Å². The molecule has 428 valence electrons. The number of aromatic nitrogens is 3. The van der Waals surface area contributed by atoms with Crippen molar-refractivity contribution in [2.24, 2.45) is 29.1 Å². The third-order valence-corrected chi connectivity index (χ3v) is 19.0. The lowest BCUT2D eigenvalue weighted by molar-refractivity contribution is -0.149. The molecule has 0 unspecified atom stereocenters. The number of ketones is 1. The van der Waals surface area contributed by atoms with Gasteiger partial charge in [0, 0.05) is 66.1 Å². The highest BCUT2D eigenvalue weighted by atomic mass is 16.5. The molecule has 1 spiro atoms. The maximum atomic E-state index is 15.4. The fraction of sp³-hybridized carbons (Fsp3) is 0.433. The Kier molecular flexibility index (Phi) is 15.2. The van der Waals surface area contributed by atoms with Gasteiger partial charge < -0.3 is 64.7 Å². The van der Waals surface area contributed by atoms with Gasteiger partial charge in [0.05, 0.1) is 48.3 Å². The van der Waals surface area contributed by atoms with E-state index in [4.69, 9.17) is 14.2 Å². The Balaban J connectivity index is 0.997. The molecular formula is C67H74N4O11. The Morgan fingerprint density at radius 1 is 0.915 bits per heavy atom. The molecule has 3 aromatic heterocycles. The number of hydrogen-bond acceptors (Lipinski definition) is 12. The number of aromatic amines is 2. The molecule has 4 aromatic carbocycles. The number of aromatic hydroxyl groups is 3. The molecule has 0 saturated heterocycles. The second-order valence-corrected chi connectivity index (χ2v) is 24.2. The van der Waals surface area contributed by atoms with Crippen LogP contribution in [0.1, 0.15) is 111 Å². The van der Waals surface area contributed by atoms with Crippen LogP contribution in [0.5, 0.6) is 28.7 Å². The van der Waals surface area contributed by atoms with Crippen molar-refractivity contribution in [2.75, 3.05) is 26.9 Å². The number of benzene rings is 4. The Morgan fingerprint density at radius 2 is 1.77 bits per heavy atom. The van der Waals surface area contributed by atoms with Gasteiger partial charge in [-0.05, 0) is 177 Å².